The van der Waals surface area contributed by atoms with Crippen molar-refractivity contribution in [3.8, 4) is 22.8 Å². The van der Waals surface area contributed by atoms with Crippen molar-refractivity contribution in [3.63, 3.8) is 0 Å². The lowest BCUT2D eigenvalue weighted by molar-refractivity contribution is -0.138. The van der Waals surface area contributed by atoms with Crippen LogP contribution in [0.1, 0.15) is 6.42 Å². The molecule has 2 saturated heterocycles. The molecule has 5 rings (SSSR count). The molecule has 5 heterocycles. The van der Waals surface area contributed by atoms with Gasteiger partial charge < -0.3 is 4.74 Å². The van der Waals surface area contributed by atoms with E-state index >= 15 is 0 Å². The average molecular weight is 498 g/mol. The first-order valence-electron chi connectivity index (χ1n) is 10.8. The van der Waals surface area contributed by atoms with E-state index in [-0.39, 0.29) is 31.4 Å². The van der Waals surface area contributed by atoms with Crippen molar-refractivity contribution >= 4 is 27.8 Å². The molecular weight excluding hydrogens is 474 g/mol. The van der Waals surface area contributed by atoms with E-state index < -0.39 is 21.5 Å². The van der Waals surface area contributed by atoms with Gasteiger partial charge in [-0.05, 0) is 24.6 Å². The van der Waals surface area contributed by atoms with E-state index in [2.05, 4.69) is 20.4 Å². The Morgan fingerprint density at radius 3 is 2.60 bits per heavy atom. The number of aromatic nitrogens is 4. The number of likely N-dealkylation sites (tertiary alicyclic amines) is 1. The van der Waals surface area contributed by atoms with Gasteiger partial charge >= 0.3 is 6.03 Å². The van der Waals surface area contributed by atoms with Gasteiger partial charge in [-0.2, -0.15) is 9.40 Å². The fourth-order valence-electron chi connectivity index (χ4n) is 4.18. The third kappa shape index (κ3) is 4.47. The lowest BCUT2D eigenvalue weighted by atomic mass is 9.80. The Hall–Kier alpha value is -3.84. The lowest BCUT2D eigenvalue weighted by Crippen LogP contribution is -2.61. The number of hydrogen-bond donors (Lipinski definition) is 1. The first-order valence-corrected chi connectivity index (χ1v) is 12.6. The number of nitrogens with one attached hydrogen (secondary N) is 1. The number of carbonyl (C=O) groups excluding carboxylic acids is 2. The number of urea groups is 1. The maximum absolute atomic E-state index is 12.8. The van der Waals surface area contributed by atoms with Crippen molar-refractivity contribution in [1.82, 2.24) is 29.0 Å². The van der Waals surface area contributed by atoms with Crippen LogP contribution in [0.25, 0.3) is 11.3 Å². The van der Waals surface area contributed by atoms with Gasteiger partial charge in [0.05, 0.1) is 29.8 Å². The maximum atomic E-state index is 12.8. The van der Waals surface area contributed by atoms with Crippen LogP contribution in [0.4, 0.5) is 10.6 Å². The van der Waals surface area contributed by atoms with Crippen LogP contribution in [0.5, 0.6) is 11.5 Å². The van der Waals surface area contributed by atoms with Crippen molar-refractivity contribution in [2.75, 3.05) is 31.2 Å². The standard InChI is InChI=1S/C22H23N7O5S/c1-27-12-15(10-25-27)18-9-16(5-7-23-18)34-17-3-4-19(24-11-17)26-21(31)29-8-6-22(20(29)30)13-28(14-22)35(2,32)33/h3-5,7,9-12H,6,8,13-14H2,1-2H3,(H,24,26,31). The summed E-state index contributed by atoms with van der Waals surface area (Å²) in [6.07, 6.45) is 8.20. The van der Waals surface area contributed by atoms with Crippen molar-refractivity contribution in [2.45, 2.75) is 6.42 Å². The summed E-state index contributed by atoms with van der Waals surface area (Å²) in [5.74, 6) is 0.914. The van der Waals surface area contributed by atoms with Gasteiger partial charge in [0, 0.05) is 50.7 Å². The minimum atomic E-state index is -3.35. The van der Waals surface area contributed by atoms with E-state index in [9.17, 15) is 18.0 Å². The molecule has 0 aliphatic carbocycles. The molecule has 1 spiro atoms. The quantitative estimate of drug-likeness (QED) is 0.562. The average Bonchev–Trinajstić information content (AvgIpc) is 3.37. The summed E-state index contributed by atoms with van der Waals surface area (Å²) < 4.78 is 32.1. The highest BCUT2D eigenvalue weighted by Crippen LogP contribution is 2.42. The van der Waals surface area contributed by atoms with Crippen LogP contribution < -0.4 is 10.1 Å². The lowest BCUT2D eigenvalue weighted by Gasteiger charge is -2.44. The van der Waals surface area contributed by atoms with Crippen LogP contribution in [-0.4, -0.2) is 75.2 Å². The summed E-state index contributed by atoms with van der Waals surface area (Å²) in [4.78, 5) is 35.1. The van der Waals surface area contributed by atoms with E-state index in [1.54, 1.807) is 41.3 Å². The second-order valence-electron chi connectivity index (χ2n) is 8.71. The smallest absolute Gasteiger partial charge is 0.329 e. The van der Waals surface area contributed by atoms with Crippen LogP contribution in [0.15, 0.2) is 49.1 Å². The number of sulfonamides is 1. The van der Waals surface area contributed by atoms with Crippen molar-refractivity contribution in [3.05, 3.63) is 49.1 Å². The number of aryl methyl sites for hydroxylation is 1. The molecule has 2 aliphatic heterocycles. The van der Waals surface area contributed by atoms with Crippen LogP contribution in [0.3, 0.4) is 0 Å². The fraction of sp³-hybridized carbons (Fsp3) is 0.318. The van der Waals surface area contributed by atoms with Gasteiger partial charge in [-0.15, -0.1) is 0 Å². The second kappa shape index (κ2) is 8.43. The zero-order chi connectivity index (χ0) is 24.8. The Labute approximate surface area is 201 Å². The fourth-order valence-corrected chi connectivity index (χ4v) is 5.15. The molecular formula is C22H23N7O5S. The summed E-state index contributed by atoms with van der Waals surface area (Å²) >= 11 is 0. The molecule has 12 nitrogen and oxygen atoms in total. The number of carbonyl (C=O) groups is 2. The summed E-state index contributed by atoms with van der Waals surface area (Å²) in [5.41, 5.74) is 0.759. The first-order chi connectivity index (χ1) is 16.6. The van der Waals surface area contributed by atoms with Gasteiger partial charge in [0.2, 0.25) is 15.9 Å². The molecule has 0 saturated carbocycles. The second-order valence-corrected chi connectivity index (χ2v) is 10.7. The number of pyridine rings is 2. The number of amides is 3. The number of ether oxygens (including phenoxy) is 1. The minimum Gasteiger partial charge on any atom is -0.456 e. The third-order valence-corrected chi connectivity index (χ3v) is 7.32. The highest BCUT2D eigenvalue weighted by Gasteiger charge is 2.58. The molecule has 3 aromatic heterocycles. The Bertz CT molecular complexity index is 1400. The van der Waals surface area contributed by atoms with Gasteiger partial charge in [0.1, 0.15) is 17.3 Å². The summed E-state index contributed by atoms with van der Waals surface area (Å²) in [5, 5.41) is 6.76. The van der Waals surface area contributed by atoms with Gasteiger partial charge in [0.25, 0.3) is 0 Å². The van der Waals surface area contributed by atoms with Crippen LogP contribution in [0, 0.1) is 5.41 Å². The summed E-state index contributed by atoms with van der Waals surface area (Å²) in [7, 11) is -1.52. The maximum Gasteiger partial charge on any atom is 0.329 e. The SMILES string of the molecule is Cn1cc(-c2cc(Oc3ccc(NC(=O)N4CCC5(CN(S(C)(=O)=O)C5)C4=O)nc3)ccn2)cn1. The molecule has 13 heteroatoms. The molecule has 182 valence electrons. The van der Waals surface area contributed by atoms with Crippen LogP contribution in [0.2, 0.25) is 0 Å². The van der Waals surface area contributed by atoms with Crippen LogP contribution in [-0.2, 0) is 21.9 Å². The highest BCUT2D eigenvalue weighted by atomic mass is 32.2. The van der Waals surface area contributed by atoms with E-state index in [0.717, 1.165) is 16.7 Å². The van der Waals surface area contributed by atoms with Gasteiger partial charge in [-0.1, -0.05) is 0 Å². The third-order valence-electron chi connectivity index (χ3n) is 6.12. The van der Waals surface area contributed by atoms with Crippen LogP contribution >= 0.6 is 0 Å². The van der Waals surface area contributed by atoms with Gasteiger partial charge in [-0.25, -0.2) is 18.2 Å². The first kappa shape index (κ1) is 22.9. The van der Waals surface area contributed by atoms with Gasteiger partial charge in [-0.3, -0.25) is 24.7 Å². The molecule has 35 heavy (non-hydrogen) atoms. The number of hydrogen-bond acceptors (Lipinski definition) is 8. The number of nitrogens with zero attached hydrogens (tertiary/aromatic N) is 6. The molecule has 0 aromatic carbocycles. The molecule has 0 bridgehead atoms. The van der Waals surface area contributed by atoms with Crippen molar-refractivity contribution < 1.29 is 22.7 Å². The Balaban J connectivity index is 1.20. The number of rotatable bonds is 5. The van der Waals surface area contributed by atoms with Gasteiger partial charge in [0.15, 0.2) is 0 Å². The molecule has 3 amide bonds. The number of anilines is 1. The monoisotopic (exact) mass is 497 g/mol. The highest BCUT2D eigenvalue weighted by molar-refractivity contribution is 7.88. The predicted molar refractivity (Wildman–Crippen MR) is 125 cm³/mol. The zero-order valence-electron chi connectivity index (χ0n) is 19.1. The largest absolute Gasteiger partial charge is 0.456 e. The normalized spacial score (nSPS) is 17.4. The topological polar surface area (TPSA) is 140 Å². The molecule has 3 aromatic rings. The predicted octanol–water partition coefficient (Wildman–Crippen LogP) is 1.70. The molecule has 0 radical (unpaired) electrons. The summed E-state index contributed by atoms with van der Waals surface area (Å²) in [6, 6.07) is 6.13. The van der Waals surface area contributed by atoms with E-state index in [1.165, 1.54) is 10.5 Å². The minimum absolute atomic E-state index is 0.107. The van der Waals surface area contributed by atoms with Crippen molar-refractivity contribution in [2.24, 2.45) is 12.5 Å². The van der Waals surface area contributed by atoms with Crippen molar-refractivity contribution in [1.29, 1.82) is 0 Å². The molecule has 2 fully saturated rings. The Morgan fingerprint density at radius 2 is 1.94 bits per heavy atom. The number of imide groups is 1. The Morgan fingerprint density at radius 1 is 1.14 bits per heavy atom. The van der Waals surface area contributed by atoms with E-state index in [0.29, 0.717) is 23.6 Å². The van der Waals surface area contributed by atoms with E-state index in [4.69, 9.17) is 4.74 Å². The molecule has 2 aliphatic rings. The summed E-state index contributed by atoms with van der Waals surface area (Å²) in [6.45, 7) is 0.442. The Kier molecular flexibility index (Phi) is 5.52. The molecule has 1 N–H and O–H groups in total. The molecule has 0 unspecified atom stereocenters. The van der Waals surface area contributed by atoms with E-state index in [1.807, 2.05) is 13.2 Å². The molecule has 0 atom stereocenters. The zero-order valence-corrected chi connectivity index (χ0v) is 19.9.